The summed E-state index contributed by atoms with van der Waals surface area (Å²) in [5, 5.41) is 14.2. The summed E-state index contributed by atoms with van der Waals surface area (Å²) in [6.45, 7) is 10.4. The molecule has 0 fully saturated rings. The van der Waals surface area contributed by atoms with Crippen molar-refractivity contribution in [3.05, 3.63) is 119 Å². The van der Waals surface area contributed by atoms with Gasteiger partial charge in [-0.25, -0.2) is 25.3 Å². The summed E-state index contributed by atoms with van der Waals surface area (Å²) in [5.74, 6) is 0.357. The van der Waals surface area contributed by atoms with Crippen molar-refractivity contribution in [3.8, 4) is 5.75 Å². The molecule has 1 aliphatic carbocycles. The monoisotopic (exact) mass is 1070 g/mol. The third-order valence-corrected chi connectivity index (χ3v) is 15.3. The van der Waals surface area contributed by atoms with E-state index in [9.17, 15) is 49.0 Å². The molecule has 0 unspecified atom stereocenters. The van der Waals surface area contributed by atoms with E-state index in [1.807, 2.05) is 64.1 Å². The molecule has 0 atom stereocenters. The fourth-order valence-corrected chi connectivity index (χ4v) is 10.8. The third kappa shape index (κ3) is 15.8. The minimum absolute atomic E-state index is 0. The Kier molecular flexibility index (Phi) is 23.6. The number of ketones is 1. The van der Waals surface area contributed by atoms with E-state index < -0.39 is 51.8 Å². The van der Waals surface area contributed by atoms with E-state index in [1.165, 1.54) is 36.4 Å². The van der Waals surface area contributed by atoms with Crippen molar-refractivity contribution in [3.63, 3.8) is 0 Å². The van der Waals surface area contributed by atoms with Gasteiger partial charge in [0.25, 0.3) is 0 Å². The van der Waals surface area contributed by atoms with Crippen molar-refractivity contribution in [2.45, 2.75) is 118 Å². The number of anilines is 1. The van der Waals surface area contributed by atoms with E-state index >= 15 is 0 Å². The maximum absolute atomic E-state index is 12.2. The molecule has 0 bridgehead atoms. The Morgan fingerprint density at radius 3 is 2.07 bits per heavy atom. The van der Waals surface area contributed by atoms with Crippen LogP contribution in [0.15, 0.2) is 122 Å². The van der Waals surface area contributed by atoms with Crippen molar-refractivity contribution in [1.82, 2.24) is 0 Å². The minimum atomic E-state index is -4.75. The van der Waals surface area contributed by atoms with Gasteiger partial charge in [0, 0.05) is 64.5 Å². The number of unbranched alkanes of at least 4 members (excludes halogenated alkanes) is 3. The third-order valence-electron chi connectivity index (χ3n) is 12.3. The first-order chi connectivity index (χ1) is 31.4. The predicted octanol–water partition coefficient (Wildman–Crippen LogP) is -1.73. The van der Waals surface area contributed by atoms with Crippen LogP contribution >= 0.6 is 12.0 Å². The number of benzene rings is 3. The van der Waals surface area contributed by atoms with Crippen molar-refractivity contribution in [1.29, 1.82) is 0 Å². The number of Topliss-reactive ketones (excluding diaryl/α,β-unsaturated/α-hetero) is 1. The quantitative estimate of drug-likeness (QED) is 0.0219. The van der Waals surface area contributed by atoms with Crippen LogP contribution < -0.4 is 104 Å². The van der Waals surface area contributed by atoms with E-state index in [-0.39, 0.29) is 112 Å². The molecule has 0 amide bonds. The second kappa shape index (κ2) is 26.3. The SMILES string of the molecule is CC(=O)CCCCCN1/C(=C/C=C2\CCCC(/C=C/C3=[N+](CCCCS(=O)(=O)[O-])c4ccc(SOO[O-])cc4C3(C)C)=C2Oc2ccc(S(=O)(=O)[O-])cc2)C(C)(C)c2cc(S(=O)(=O)[O-])ccc21.[Na+].[Na+].[Na+]. The largest absolute Gasteiger partial charge is 1.00 e. The smallest absolute Gasteiger partial charge is 0.748 e. The molecule has 0 saturated heterocycles. The zero-order valence-electron chi connectivity index (χ0n) is 40.8. The van der Waals surface area contributed by atoms with Gasteiger partial charge >= 0.3 is 88.7 Å². The first-order valence-electron chi connectivity index (χ1n) is 21.7. The van der Waals surface area contributed by atoms with Crippen molar-refractivity contribution < 1.29 is 156 Å². The minimum Gasteiger partial charge on any atom is -0.748 e. The number of carbonyl (C=O) groups excluding carboxylic acids is 1. The fraction of sp³-hybridized carbons (Fsp3) is 0.404. The van der Waals surface area contributed by atoms with Gasteiger partial charge in [-0.2, -0.15) is 8.91 Å². The van der Waals surface area contributed by atoms with Crippen molar-refractivity contribution in [2.24, 2.45) is 0 Å². The Bertz CT molecular complexity index is 2900. The molecule has 362 valence electrons. The first-order valence-corrected chi connectivity index (χ1v) is 26.9. The molecule has 0 radical (unpaired) electrons. The van der Waals surface area contributed by atoms with E-state index in [0.29, 0.717) is 61.4 Å². The Morgan fingerprint density at radius 2 is 1.44 bits per heavy atom. The van der Waals surface area contributed by atoms with Crippen molar-refractivity contribution >= 4 is 65.3 Å². The number of nitrogens with zero attached hydrogens (tertiary/aromatic N) is 2. The van der Waals surface area contributed by atoms with E-state index in [4.69, 9.17) is 4.74 Å². The van der Waals surface area contributed by atoms with Crippen LogP contribution in [0.25, 0.3) is 0 Å². The molecule has 2 heterocycles. The van der Waals surface area contributed by atoms with Gasteiger partial charge < -0.3 is 33.3 Å². The molecule has 0 saturated carbocycles. The van der Waals surface area contributed by atoms with Gasteiger partial charge in [-0.1, -0.05) is 26.3 Å². The van der Waals surface area contributed by atoms with Crippen molar-refractivity contribution in [2.75, 3.05) is 23.7 Å². The fourth-order valence-electron chi connectivity index (χ4n) is 8.92. The van der Waals surface area contributed by atoms with E-state index in [0.717, 1.165) is 70.8 Å². The second-order valence-corrected chi connectivity index (χ2v) is 22.8. The molecule has 70 heavy (non-hydrogen) atoms. The van der Waals surface area contributed by atoms with Crippen LogP contribution in [0.5, 0.6) is 5.75 Å². The second-order valence-electron chi connectivity index (χ2n) is 17.8. The number of carbonyl (C=O) groups is 1. The van der Waals surface area contributed by atoms with Crippen LogP contribution in [-0.2, 0) is 55.4 Å². The van der Waals surface area contributed by atoms with Gasteiger partial charge in [-0.3, -0.25) is 5.04 Å². The standard InChI is InChI=1S/C47H56N2O14S4.3Na/c1-32(50)12-7-6-8-27-48-42-24-22-38(67(58,59)60)31-40(42)47(4,5)44(48)26-16-34-14-11-13-33(45(34)61-35-17-20-37(21-18-35)66(55,56)57)15-25-43-46(2,3)39-30-36(64-63-62-51)19-23-41(39)49(43)28-9-10-29-65(52,53)54;;;/h15-26,30-31H,6-14,27-29H2,1-5H3,(H3-,51,52,53,54,55,56,57,58,59,60);;;/q;3*+1/p-3. The molecule has 0 aromatic heterocycles. The molecule has 3 aromatic carbocycles. The van der Waals surface area contributed by atoms with Crippen LogP contribution in [0.3, 0.4) is 0 Å². The normalized spacial score (nSPS) is 17.6. The molecule has 6 rings (SSSR count). The molecular weight excluding hydrogens is 1010 g/mol. The van der Waals surface area contributed by atoms with E-state index in [2.05, 4.69) is 18.8 Å². The number of hydrogen-bond donors (Lipinski definition) is 0. The van der Waals surface area contributed by atoms with Gasteiger partial charge in [-0.05, 0) is 143 Å². The predicted molar refractivity (Wildman–Crippen MR) is 246 cm³/mol. The number of hydrogen-bond acceptors (Lipinski definition) is 16. The molecule has 0 N–H and O–H groups in total. The summed E-state index contributed by atoms with van der Waals surface area (Å²) in [6, 6.07) is 15.1. The number of ether oxygens (including phenoxy) is 1. The summed E-state index contributed by atoms with van der Waals surface area (Å²) < 4.78 is 120. The van der Waals surface area contributed by atoms with Gasteiger partial charge in [0.2, 0.25) is 5.69 Å². The number of fused-ring (bicyclic) bond motifs is 2. The topological polar surface area (TPSA) is 246 Å². The summed E-state index contributed by atoms with van der Waals surface area (Å²) in [4.78, 5) is 13.6. The zero-order chi connectivity index (χ0) is 49.0. The maximum Gasteiger partial charge on any atom is 1.00 e. The average molecular weight is 1070 g/mol. The van der Waals surface area contributed by atoms with Gasteiger partial charge in [-0.15, -0.1) is 0 Å². The van der Waals surface area contributed by atoms with E-state index in [1.54, 1.807) is 19.1 Å². The number of allylic oxidation sites excluding steroid dienone is 7. The molecular formula is C47H53N2Na3O14S4. The van der Waals surface area contributed by atoms with Gasteiger partial charge in [0.05, 0.1) is 37.4 Å². The Morgan fingerprint density at radius 1 is 0.771 bits per heavy atom. The summed E-state index contributed by atoms with van der Waals surface area (Å²) >= 11 is 0.753. The van der Waals surface area contributed by atoms with Gasteiger partial charge in [0.1, 0.15) is 44.1 Å². The molecule has 3 aromatic rings. The summed E-state index contributed by atoms with van der Waals surface area (Å²) in [6.07, 6.45) is 12.9. The Labute approximate surface area is 482 Å². The molecule has 3 aliphatic rings. The maximum atomic E-state index is 12.2. The molecule has 23 heteroatoms. The summed E-state index contributed by atoms with van der Waals surface area (Å²) in [7, 11) is -13.9. The van der Waals surface area contributed by atoms with Crippen LogP contribution in [0.4, 0.5) is 11.4 Å². The van der Waals surface area contributed by atoms with Crippen LogP contribution in [0, 0.1) is 0 Å². The van der Waals surface area contributed by atoms with Crippen LogP contribution in [0.1, 0.15) is 104 Å². The zero-order valence-corrected chi connectivity index (χ0v) is 50.1. The Balaban J connectivity index is 0.00000432. The summed E-state index contributed by atoms with van der Waals surface area (Å²) in [5.41, 5.74) is 4.99. The van der Waals surface area contributed by atoms with Crippen LogP contribution in [0.2, 0.25) is 0 Å². The number of rotatable bonds is 21. The molecule has 16 nitrogen and oxygen atoms in total. The first kappa shape index (κ1) is 62.8. The average Bonchev–Trinajstić information content (AvgIpc) is 3.59. The van der Waals surface area contributed by atoms with Crippen LogP contribution in [-0.4, -0.2) is 73.8 Å². The molecule has 2 aliphatic heterocycles. The molecule has 0 spiro atoms. The van der Waals surface area contributed by atoms with Gasteiger partial charge in [0.15, 0.2) is 5.71 Å². The Hall–Kier alpha value is -1.48.